The molecule has 0 radical (unpaired) electrons. The van der Waals surface area contributed by atoms with Crippen LogP contribution in [0.2, 0.25) is 10.0 Å². The molecular weight excluding hydrogens is 341 g/mol. The Kier molecular flexibility index (Phi) is 7.19. The van der Waals surface area contributed by atoms with Gasteiger partial charge in [-0.05, 0) is 30.5 Å². The van der Waals surface area contributed by atoms with Crippen LogP contribution < -0.4 is 5.32 Å². The van der Waals surface area contributed by atoms with Crippen molar-refractivity contribution in [3.8, 4) is 0 Å². The van der Waals surface area contributed by atoms with E-state index in [0.717, 1.165) is 31.2 Å². The van der Waals surface area contributed by atoms with Gasteiger partial charge in [-0.1, -0.05) is 55.0 Å². The lowest BCUT2D eigenvalue weighted by molar-refractivity contribution is -0.119. The monoisotopic (exact) mass is 361 g/mol. The fraction of sp³-hybridized carbons (Fsp3) is 0.562. The molecule has 1 aromatic rings. The number of rotatable bonds is 5. The Balaban J connectivity index is 1.81. The highest BCUT2D eigenvalue weighted by Gasteiger charge is 2.17. The van der Waals surface area contributed by atoms with Gasteiger partial charge in [0.2, 0.25) is 5.91 Å². The van der Waals surface area contributed by atoms with E-state index in [-0.39, 0.29) is 23.5 Å². The first-order valence-electron chi connectivity index (χ1n) is 7.63. The summed E-state index contributed by atoms with van der Waals surface area (Å²) in [6.07, 6.45) is 6.87. The van der Waals surface area contributed by atoms with E-state index >= 15 is 0 Å². The van der Waals surface area contributed by atoms with Gasteiger partial charge < -0.3 is 5.32 Å². The fourth-order valence-corrected chi connectivity index (χ4v) is 4.33. The normalized spacial score (nSPS) is 17.7. The molecule has 2 rings (SSSR count). The zero-order valence-electron chi connectivity index (χ0n) is 12.4. The predicted molar refractivity (Wildman–Crippen MR) is 92.8 cm³/mol. The number of carbonyl (C=O) groups is 1. The van der Waals surface area contributed by atoms with Gasteiger partial charge in [-0.25, -0.2) is 0 Å². The molecule has 122 valence electrons. The molecule has 0 bridgehead atoms. The minimum atomic E-state index is -1.27. The highest BCUT2D eigenvalue weighted by Crippen LogP contribution is 2.22. The lowest BCUT2D eigenvalue weighted by atomic mass is 10.1. The fourth-order valence-electron chi connectivity index (χ4n) is 2.70. The van der Waals surface area contributed by atoms with Crippen LogP contribution in [0.15, 0.2) is 18.2 Å². The van der Waals surface area contributed by atoms with Crippen molar-refractivity contribution in [2.75, 3.05) is 5.75 Å². The van der Waals surface area contributed by atoms with E-state index in [1.165, 1.54) is 12.8 Å². The topological polar surface area (TPSA) is 46.2 Å². The van der Waals surface area contributed by atoms with Crippen molar-refractivity contribution < 1.29 is 9.00 Å². The molecule has 1 fully saturated rings. The van der Waals surface area contributed by atoms with Crippen molar-refractivity contribution in [3.63, 3.8) is 0 Å². The van der Waals surface area contributed by atoms with Crippen LogP contribution in [0.25, 0.3) is 0 Å². The number of benzene rings is 1. The molecule has 1 amide bonds. The van der Waals surface area contributed by atoms with Crippen molar-refractivity contribution >= 4 is 39.9 Å². The van der Waals surface area contributed by atoms with E-state index in [1.807, 2.05) is 0 Å². The maximum absolute atomic E-state index is 12.1. The molecule has 0 unspecified atom stereocenters. The minimum Gasteiger partial charge on any atom is -0.353 e. The van der Waals surface area contributed by atoms with Gasteiger partial charge in [-0.2, -0.15) is 0 Å². The second-order valence-electron chi connectivity index (χ2n) is 5.72. The zero-order valence-corrected chi connectivity index (χ0v) is 14.8. The van der Waals surface area contributed by atoms with Gasteiger partial charge in [0.05, 0.1) is 5.75 Å². The Hall–Kier alpha value is -0.580. The highest BCUT2D eigenvalue weighted by atomic mass is 35.5. The first-order valence-corrected chi connectivity index (χ1v) is 9.87. The molecule has 22 heavy (non-hydrogen) atoms. The van der Waals surface area contributed by atoms with Gasteiger partial charge in [-0.3, -0.25) is 9.00 Å². The largest absolute Gasteiger partial charge is 0.353 e. The van der Waals surface area contributed by atoms with Gasteiger partial charge in [0.1, 0.15) is 5.75 Å². The van der Waals surface area contributed by atoms with Crippen LogP contribution in [0, 0.1) is 0 Å². The molecule has 0 spiro atoms. The van der Waals surface area contributed by atoms with Crippen molar-refractivity contribution in [2.24, 2.45) is 0 Å². The van der Waals surface area contributed by atoms with Crippen LogP contribution in [-0.2, 0) is 21.3 Å². The third kappa shape index (κ3) is 5.90. The van der Waals surface area contributed by atoms with Gasteiger partial charge in [-0.15, -0.1) is 0 Å². The lowest BCUT2D eigenvalue weighted by Crippen LogP contribution is -2.37. The average Bonchev–Trinajstić information content (AvgIpc) is 2.70. The number of amides is 1. The van der Waals surface area contributed by atoms with E-state index in [9.17, 15) is 9.00 Å². The molecule has 3 nitrogen and oxygen atoms in total. The molecule has 0 aliphatic heterocycles. The van der Waals surface area contributed by atoms with Crippen LogP contribution >= 0.6 is 23.2 Å². The third-order valence-electron chi connectivity index (χ3n) is 3.84. The summed E-state index contributed by atoms with van der Waals surface area (Å²) in [5.41, 5.74) is 0.756. The summed E-state index contributed by atoms with van der Waals surface area (Å²) in [4.78, 5) is 12.0. The highest BCUT2D eigenvalue weighted by molar-refractivity contribution is 7.84. The Morgan fingerprint density at radius 1 is 1.18 bits per heavy atom. The second-order valence-corrected chi connectivity index (χ2v) is 8.02. The van der Waals surface area contributed by atoms with Gasteiger partial charge in [0.25, 0.3) is 0 Å². The summed E-state index contributed by atoms with van der Waals surface area (Å²) < 4.78 is 12.1. The van der Waals surface area contributed by atoms with Crippen LogP contribution in [-0.4, -0.2) is 21.9 Å². The molecule has 1 saturated carbocycles. The Morgan fingerprint density at radius 3 is 2.50 bits per heavy atom. The summed E-state index contributed by atoms with van der Waals surface area (Å²) in [5.74, 6) is 0.166. The van der Waals surface area contributed by atoms with Crippen LogP contribution in [0.1, 0.15) is 44.1 Å². The Morgan fingerprint density at radius 2 is 1.86 bits per heavy atom. The first-order chi connectivity index (χ1) is 10.5. The number of nitrogens with one attached hydrogen (secondary N) is 1. The number of halogens is 2. The number of carbonyl (C=O) groups excluding carboxylic acids is 1. The van der Waals surface area contributed by atoms with Crippen molar-refractivity contribution in [1.29, 1.82) is 0 Å². The molecule has 1 N–H and O–H groups in total. The molecule has 6 heteroatoms. The minimum absolute atomic E-state index is 0.0233. The quantitative estimate of drug-likeness (QED) is 0.803. The lowest BCUT2D eigenvalue weighted by Gasteiger charge is -2.16. The Labute approximate surface area is 144 Å². The maximum atomic E-state index is 12.1. The number of hydrogen-bond donors (Lipinski definition) is 1. The van der Waals surface area contributed by atoms with Gasteiger partial charge in [0.15, 0.2) is 0 Å². The molecule has 1 aliphatic rings. The molecule has 0 aromatic heterocycles. The summed E-state index contributed by atoms with van der Waals surface area (Å²) in [5, 5.41) is 4.05. The van der Waals surface area contributed by atoms with E-state index in [1.54, 1.807) is 18.2 Å². The summed E-state index contributed by atoms with van der Waals surface area (Å²) in [6, 6.07) is 5.34. The molecule has 1 atom stereocenters. The standard InChI is InChI=1S/C16H21Cl2NO2S/c17-13-8-7-12(15(18)9-13)10-22(21)11-16(20)19-14-5-3-1-2-4-6-14/h7-9,14H,1-6,10-11H2,(H,19,20)/t22-/m1/s1. The summed E-state index contributed by atoms with van der Waals surface area (Å²) >= 11 is 11.9. The Bertz CT molecular complexity index is 543. The smallest absolute Gasteiger partial charge is 0.232 e. The van der Waals surface area contributed by atoms with Crippen molar-refractivity contribution in [2.45, 2.75) is 50.3 Å². The molecule has 0 saturated heterocycles. The third-order valence-corrected chi connectivity index (χ3v) is 5.65. The van der Waals surface area contributed by atoms with E-state index in [4.69, 9.17) is 23.2 Å². The van der Waals surface area contributed by atoms with Gasteiger partial charge in [0, 0.05) is 26.9 Å². The van der Waals surface area contributed by atoms with Crippen molar-refractivity contribution in [1.82, 2.24) is 5.32 Å². The van der Waals surface area contributed by atoms with Crippen LogP contribution in [0.3, 0.4) is 0 Å². The van der Waals surface area contributed by atoms with Gasteiger partial charge >= 0.3 is 0 Å². The molecule has 1 aliphatic carbocycles. The van der Waals surface area contributed by atoms with E-state index in [0.29, 0.717) is 10.0 Å². The first kappa shape index (κ1) is 17.8. The summed E-state index contributed by atoms with van der Waals surface area (Å²) in [6.45, 7) is 0. The molecule has 0 heterocycles. The van der Waals surface area contributed by atoms with E-state index in [2.05, 4.69) is 5.32 Å². The van der Waals surface area contributed by atoms with Crippen LogP contribution in [0.5, 0.6) is 0 Å². The zero-order chi connectivity index (χ0) is 15.9. The van der Waals surface area contributed by atoms with E-state index < -0.39 is 10.8 Å². The average molecular weight is 362 g/mol. The summed E-state index contributed by atoms with van der Waals surface area (Å²) in [7, 11) is -1.27. The number of hydrogen-bond acceptors (Lipinski definition) is 2. The van der Waals surface area contributed by atoms with Crippen molar-refractivity contribution in [3.05, 3.63) is 33.8 Å². The molecule has 1 aromatic carbocycles. The SMILES string of the molecule is O=C(C[S@](=O)Cc1ccc(Cl)cc1Cl)NC1CCCCCC1. The molecular formula is C16H21Cl2NO2S. The predicted octanol–water partition coefficient (Wildman–Crippen LogP) is 4.08. The van der Waals surface area contributed by atoms with Crippen LogP contribution in [0.4, 0.5) is 0 Å². The maximum Gasteiger partial charge on any atom is 0.232 e. The second kappa shape index (κ2) is 8.90.